The molecule has 0 radical (unpaired) electrons. The average Bonchev–Trinajstić information content (AvgIpc) is 2.64. The molecule has 27 heavy (non-hydrogen) atoms. The predicted octanol–water partition coefficient (Wildman–Crippen LogP) is 3.47. The number of hydrogen-bond acceptors (Lipinski definition) is 5. The van der Waals surface area contributed by atoms with E-state index < -0.39 is 45.8 Å². The number of carbonyl (C=O) groups excluding carboxylic acids is 2. The lowest BCUT2D eigenvalue weighted by Crippen LogP contribution is -2.47. The number of alkyl halides is 3. The van der Waals surface area contributed by atoms with Gasteiger partial charge in [-0.3, -0.25) is 14.9 Å². The smallest absolute Gasteiger partial charge is 0.416 e. The Kier molecular flexibility index (Phi) is 6.40. The van der Waals surface area contributed by atoms with Gasteiger partial charge >= 0.3 is 12.1 Å². The topological polar surface area (TPSA) is 98.5 Å². The predicted molar refractivity (Wildman–Crippen MR) is 87.9 cm³/mol. The van der Waals surface area contributed by atoms with Crippen molar-refractivity contribution in [2.24, 2.45) is 5.92 Å². The van der Waals surface area contributed by atoms with Crippen molar-refractivity contribution in [3.8, 4) is 0 Å². The average molecular weight is 388 g/mol. The quantitative estimate of drug-likeness (QED) is 0.473. The fourth-order valence-corrected chi connectivity index (χ4v) is 3.23. The second kappa shape index (κ2) is 8.36. The van der Waals surface area contributed by atoms with Gasteiger partial charge in [-0.1, -0.05) is 19.3 Å². The Morgan fingerprint density at radius 3 is 2.41 bits per heavy atom. The number of methoxy groups -OCH3 is 1. The molecule has 1 atom stereocenters. The third-order valence-corrected chi connectivity index (χ3v) is 4.63. The molecule has 1 saturated carbocycles. The van der Waals surface area contributed by atoms with E-state index in [4.69, 9.17) is 4.74 Å². The van der Waals surface area contributed by atoms with E-state index in [0.717, 1.165) is 32.4 Å². The first-order valence-corrected chi connectivity index (χ1v) is 8.39. The number of hydrogen-bond donors (Lipinski definition) is 1. The minimum Gasteiger partial charge on any atom is -0.467 e. The fourth-order valence-electron chi connectivity index (χ4n) is 3.23. The third kappa shape index (κ3) is 4.95. The number of benzene rings is 1. The van der Waals surface area contributed by atoms with Crippen LogP contribution in [-0.2, 0) is 15.7 Å². The molecule has 1 aliphatic rings. The maximum atomic E-state index is 12.8. The van der Waals surface area contributed by atoms with Crippen LogP contribution in [0.15, 0.2) is 18.2 Å². The largest absolute Gasteiger partial charge is 0.467 e. The molecule has 0 spiro atoms. The van der Waals surface area contributed by atoms with E-state index >= 15 is 0 Å². The Balaban J connectivity index is 2.31. The molecular formula is C17H19F3N2O5. The zero-order valence-corrected chi connectivity index (χ0v) is 14.5. The highest BCUT2D eigenvalue weighted by Gasteiger charge is 2.36. The number of halogens is 3. The van der Waals surface area contributed by atoms with E-state index in [0.29, 0.717) is 25.0 Å². The van der Waals surface area contributed by atoms with E-state index in [1.54, 1.807) is 0 Å². The number of nitro benzene ring substituents is 1. The van der Waals surface area contributed by atoms with E-state index in [9.17, 15) is 32.9 Å². The van der Waals surface area contributed by atoms with Crippen LogP contribution >= 0.6 is 0 Å². The summed E-state index contributed by atoms with van der Waals surface area (Å²) < 4.78 is 43.1. The van der Waals surface area contributed by atoms with Crippen molar-refractivity contribution >= 4 is 17.6 Å². The minimum absolute atomic E-state index is 0.191. The Labute approximate surface area is 153 Å². The summed E-state index contributed by atoms with van der Waals surface area (Å²) in [6.07, 6.45) is -0.688. The summed E-state index contributed by atoms with van der Waals surface area (Å²) in [5.41, 5.74) is -2.75. The van der Waals surface area contributed by atoms with E-state index in [1.807, 2.05) is 0 Å². The van der Waals surface area contributed by atoms with Crippen LogP contribution in [0.2, 0.25) is 0 Å². The highest BCUT2D eigenvalue weighted by Crippen LogP contribution is 2.33. The molecule has 0 heterocycles. The van der Waals surface area contributed by atoms with E-state index in [2.05, 4.69) is 5.32 Å². The van der Waals surface area contributed by atoms with Gasteiger partial charge in [-0.2, -0.15) is 13.2 Å². The lowest BCUT2D eigenvalue weighted by atomic mass is 9.83. The van der Waals surface area contributed by atoms with Gasteiger partial charge in [0.1, 0.15) is 11.6 Å². The number of nitrogens with one attached hydrogen (secondary N) is 1. The molecule has 0 bridgehead atoms. The Morgan fingerprint density at radius 2 is 1.89 bits per heavy atom. The van der Waals surface area contributed by atoms with Crippen molar-refractivity contribution in [1.29, 1.82) is 0 Å². The molecule has 1 N–H and O–H groups in total. The molecule has 1 aliphatic carbocycles. The molecular weight excluding hydrogens is 369 g/mol. The van der Waals surface area contributed by atoms with Crippen LogP contribution in [0.1, 0.15) is 48.0 Å². The normalized spacial score (nSPS) is 16.4. The van der Waals surface area contributed by atoms with Gasteiger partial charge in [0, 0.05) is 6.07 Å². The van der Waals surface area contributed by atoms with Gasteiger partial charge in [0.05, 0.1) is 17.6 Å². The summed E-state index contributed by atoms with van der Waals surface area (Å²) in [7, 11) is 1.16. The minimum atomic E-state index is -4.78. The van der Waals surface area contributed by atoms with E-state index in [1.165, 1.54) is 0 Å². The standard InChI is InChI=1S/C17H19F3N2O5/c1-27-16(24)14(10-5-3-2-4-6-10)21-15(23)12-8-7-11(17(18,19)20)9-13(12)22(25)26/h7-10,14H,2-6H2,1H3,(H,21,23)/t14-/m0/s1. The molecule has 10 heteroatoms. The summed E-state index contributed by atoms with van der Waals surface area (Å²) in [5, 5.41) is 13.6. The molecule has 1 aromatic rings. The van der Waals surface area contributed by atoms with Crippen molar-refractivity contribution in [2.45, 2.75) is 44.3 Å². The zero-order chi connectivity index (χ0) is 20.2. The number of ether oxygens (including phenoxy) is 1. The van der Waals surface area contributed by atoms with Crippen LogP contribution in [0.3, 0.4) is 0 Å². The SMILES string of the molecule is COC(=O)[C@@H](NC(=O)c1ccc(C(F)(F)F)cc1[N+](=O)[O-])C1CCCCC1. The summed E-state index contributed by atoms with van der Waals surface area (Å²) in [5.74, 6) is -1.87. The van der Waals surface area contributed by atoms with Gasteiger partial charge in [-0.05, 0) is 30.9 Å². The first-order valence-electron chi connectivity index (χ1n) is 8.39. The number of esters is 1. The Hall–Kier alpha value is -2.65. The maximum Gasteiger partial charge on any atom is 0.416 e. The Morgan fingerprint density at radius 1 is 1.26 bits per heavy atom. The summed E-state index contributed by atoms with van der Waals surface area (Å²) >= 11 is 0. The van der Waals surface area contributed by atoms with Crippen molar-refractivity contribution in [3.63, 3.8) is 0 Å². The monoisotopic (exact) mass is 388 g/mol. The zero-order valence-electron chi connectivity index (χ0n) is 14.5. The maximum absolute atomic E-state index is 12.8. The Bertz CT molecular complexity index is 730. The first kappa shape index (κ1) is 20.7. The summed E-state index contributed by atoms with van der Waals surface area (Å²) in [6.45, 7) is 0. The van der Waals surface area contributed by atoms with E-state index in [-0.39, 0.29) is 5.92 Å². The number of carbonyl (C=O) groups is 2. The van der Waals surface area contributed by atoms with Gasteiger partial charge in [-0.25, -0.2) is 4.79 Å². The molecule has 0 unspecified atom stereocenters. The van der Waals surface area contributed by atoms with Crippen molar-refractivity contribution in [1.82, 2.24) is 5.32 Å². The van der Waals surface area contributed by atoms with Gasteiger partial charge in [-0.15, -0.1) is 0 Å². The molecule has 0 aliphatic heterocycles. The fraction of sp³-hybridized carbons (Fsp3) is 0.529. The number of nitrogens with zero attached hydrogens (tertiary/aromatic N) is 1. The number of rotatable bonds is 5. The second-order valence-corrected chi connectivity index (χ2v) is 6.36. The molecule has 0 saturated heterocycles. The third-order valence-electron chi connectivity index (χ3n) is 4.63. The lowest BCUT2D eigenvalue weighted by molar-refractivity contribution is -0.385. The number of nitro groups is 1. The van der Waals surface area contributed by atoms with Gasteiger partial charge in [0.15, 0.2) is 0 Å². The number of amides is 1. The highest BCUT2D eigenvalue weighted by atomic mass is 19.4. The van der Waals surface area contributed by atoms with Crippen LogP contribution in [0.4, 0.5) is 18.9 Å². The first-order chi connectivity index (χ1) is 12.6. The van der Waals surface area contributed by atoms with Crippen LogP contribution in [0.25, 0.3) is 0 Å². The second-order valence-electron chi connectivity index (χ2n) is 6.36. The van der Waals surface area contributed by atoms with Crippen molar-refractivity contribution in [2.75, 3.05) is 7.11 Å². The van der Waals surface area contributed by atoms with Gasteiger partial charge < -0.3 is 10.1 Å². The van der Waals surface area contributed by atoms with Crippen LogP contribution in [-0.4, -0.2) is 30.0 Å². The van der Waals surface area contributed by atoms with Gasteiger partial charge in [0.2, 0.25) is 0 Å². The molecule has 1 fully saturated rings. The molecule has 0 aromatic heterocycles. The van der Waals surface area contributed by atoms with Crippen LogP contribution in [0.5, 0.6) is 0 Å². The van der Waals surface area contributed by atoms with Gasteiger partial charge in [0.25, 0.3) is 11.6 Å². The van der Waals surface area contributed by atoms with Crippen molar-refractivity contribution < 1.29 is 32.4 Å². The summed E-state index contributed by atoms with van der Waals surface area (Å²) in [6, 6.07) is 0.633. The van der Waals surface area contributed by atoms with Crippen molar-refractivity contribution in [3.05, 3.63) is 39.4 Å². The molecule has 148 valence electrons. The molecule has 2 rings (SSSR count). The summed E-state index contributed by atoms with van der Waals surface area (Å²) in [4.78, 5) is 34.7. The van der Waals surface area contributed by atoms with Crippen LogP contribution < -0.4 is 5.32 Å². The molecule has 1 aromatic carbocycles. The lowest BCUT2D eigenvalue weighted by Gasteiger charge is -2.29. The molecule has 7 nitrogen and oxygen atoms in total. The highest BCUT2D eigenvalue weighted by molar-refractivity contribution is 6.00. The molecule has 1 amide bonds. The van der Waals surface area contributed by atoms with Crippen LogP contribution in [0, 0.1) is 16.0 Å².